The van der Waals surface area contributed by atoms with Gasteiger partial charge in [0.25, 0.3) is 0 Å². The number of benzene rings is 1. The van der Waals surface area contributed by atoms with Crippen LogP contribution in [0, 0.1) is 5.82 Å². The van der Waals surface area contributed by atoms with E-state index in [0.29, 0.717) is 24.0 Å². The molecule has 1 aliphatic heterocycles. The Kier molecular flexibility index (Phi) is 4.54. The van der Waals surface area contributed by atoms with Crippen molar-refractivity contribution in [3.05, 3.63) is 34.1 Å². The Bertz CT molecular complexity index is 483. The summed E-state index contributed by atoms with van der Waals surface area (Å²) in [5, 5.41) is 9.66. The van der Waals surface area contributed by atoms with Crippen LogP contribution in [0.5, 0.6) is 0 Å². The average molecular weight is 332 g/mol. The molecule has 1 aromatic carbocycles. The number of nitrogens with zero attached hydrogens (tertiary/aromatic N) is 1. The molecule has 2 rings (SSSR count). The van der Waals surface area contributed by atoms with Crippen LogP contribution in [0.15, 0.2) is 22.7 Å². The molecular formula is C13H15BrFNO3. The number of rotatable bonds is 3. The van der Waals surface area contributed by atoms with Crippen molar-refractivity contribution in [2.45, 2.75) is 25.1 Å². The summed E-state index contributed by atoms with van der Waals surface area (Å²) in [7, 11) is 1.32. The Labute approximate surface area is 119 Å². The number of hydrogen-bond acceptors (Lipinski definition) is 4. The highest BCUT2D eigenvalue weighted by molar-refractivity contribution is 9.10. The van der Waals surface area contributed by atoms with Crippen molar-refractivity contribution in [3.8, 4) is 0 Å². The van der Waals surface area contributed by atoms with E-state index in [-0.39, 0.29) is 11.8 Å². The van der Waals surface area contributed by atoms with E-state index in [1.807, 2.05) is 0 Å². The molecule has 1 aliphatic rings. The Hall–Kier alpha value is -0.980. The lowest BCUT2D eigenvalue weighted by Crippen LogP contribution is -2.36. The van der Waals surface area contributed by atoms with Gasteiger partial charge in [0, 0.05) is 19.5 Å². The number of carbonyl (C=O) groups excluding carboxylic acids is 1. The number of carbonyl (C=O) groups is 1. The van der Waals surface area contributed by atoms with E-state index in [9.17, 15) is 14.3 Å². The van der Waals surface area contributed by atoms with Gasteiger partial charge >= 0.3 is 5.97 Å². The van der Waals surface area contributed by atoms with Gasteiger partial charge in [-0.05, 0) is 33.6 Å². The maximum atomic E-state index is 13.4. The first kappa shape index (κ1) is 14.4. The number of aliphatic hydroxyl groups is 1. The van der Waals surface area contributed by atoms with Gasteiger partial charge in [-0.15, -0.1) is 0 Å². The fourth-order valence-electron chi connectivity index (χ4n) is 2.31. The van der Waals surface area contributed by atoms with Gasteiger partial charge in [0.05, 0.1) is 17.7 Å². The second kappa shape index (κ2) is 5.98. The molecule has 1 aromatic rings. The minimum Gasteiger partial charge on any atom is -0.468 e. The first-order valence-corrected chi connectivity index (χ1v) is 6.74. The summed E-state index contributed by atoms with van der Waals surface area (Å²) in [5.74, 6) is -0.707. The maximum Gasteiger partial charge on any atom is 0.323 e. The van der Waals surface area contributed by atoms with Crippen LogP contribution >= 0.6 is 15.9 Å². The molecule has 0 radical (unpaired) electrons. The molecule has 104 valence electrons. The Morgan fingerprint density at radius 3 is 3.00 bits per heavy atom. The summed E-state index contributed by atoms with van der Waals surface area (Å²) >= 11 is 3.10. The molecule has 0 spiro atoms. The summed E-state index contributed by atoms with van der Waals surface area (Å²) in [6, 6.07) is 4.37. The topological polar surface area (TPSA) is 49.8 Å². The molecule has 19 heavy (non-hydrogen) atoms. The Morgan fingerprint density at radius 1 is 1.63 bits per heavy atom. The third kappa shape index (κ3) is 3.32. The maximum absolute atomic E-state index is 13.4. The van der Waals surface area contributed by atoms with Gasteiger partial charge in [0.15, 0.2) is 0 Å². The van der Waals surface area contributed by atoms with Gasteiger partial charge in [-0.1, -0.05) is 6.07 Å². The fourth-order valence-corrected chi connectivity index (χ4v) is 2.55. The lowest BCUT2D eigenvalue weighted by atomic mass is 10.1. The Morgan fingerprint density at radius 2 is 2.37 bits per heavy atom. The third-order valence-corrected chi connectivity index (χ3v) is 3.87. The van der Waals surface area contributed by atoms with Crippen molar-refractivity contribution in [1.82, 2.24) is 4.90 Å². The van der Waals surface area contributed by atoms with Crippen molar-refractivity contribution >= 4 is 21.9 Å². The minimum atomic E-state index is -0.551. The van der Waals surface area contributed by atoms with Crippen molar-refractivity contribution in [2.75, 3.05) is 13.7 Å². The van der Waals surface area contributed by atoms with E-state index < -0.39 is 12.1 Å². The van der Waals surface area contributed by atoms with Crippen LogP contribution in [0.1, 0.15) is 12.0 Å². The normalized spacial score (nSPS) is 23.6. The first-order valence-electron chi connectivity index (χ1n) is 5.95. The lowest BCUT2D eigenvalue weighted by Gasteiger charge is -2.22. The number of aliphatic hydroxyl groups excluding tert-OH is 1. The summed E-state index contributed by atoms with van der Waals surface area (Å²) in [4.78, 5) is 13.4. The van der Waals surface area contributed by atoms with Gasteiger partial charge in [0.1, 0.15) is 11.9 Å². The van der Waals surface area contributed by atoms with Crippen LogP contribution in [-0.2, 0) is 16.1 Å². The van der Waals surface area contributed by atoms with Gasteiger partial charge in [-0.2, -0.15) is 0 Å². The number of ether oxygens (including phenoxy) is 1. The van der Waals surface area contributed by atoms with Crippen LogP contribution < -0.4 is 0 Å². The quantitative estimate of drug-likeness (QED) is 0.856. The number of β-amino-alcohol motifs (C(OH)–C–C–N with tert-alkyl or cyclic N) is 1. The second-order valence-electron chi connectivity index (χ2n) is 4.61. The number of hydrogen-bond donors (Lipinski definition) is 1. The minimum absolute atomic E-state index is 0.341. The van der Waals surface area contributed by atoms with E-state index in [1.54, 1.807) is 17.0 Å². The van der Waals surface area contributed by atoms with Crippen LogP contribution in [0.4, 0.5) is 4.39 Å². The molecule has 0 unspecified atom stereocenters. The van der Waals surface area contributed by atoms with Crippen molar-refractivity contribution in [2.24, 2.45) is 0 Å². The fraction of sp³-hybridized carbons (Fsp3) is 0.462. The standard InChI is InChI=1S/C13H15BrFNO3/c1-19-13(18)12-5-9(17)7-16(12)6-8-2-3-10(14)11(15)4-8/h2-4,9,12,17H,5-7H2,1H3/t9-,12-/m1/s1. The highest BCUT2D eigenvalue weighted by atomic mass is 79.9. The van der Waals surface area contributed by atoms with Gasteiger partial charge in [-0.25, -0.2) is 4.39 Å². The van der Waals surface area contributed by atoms with Crippen molar-refractivity contribution in [3.63, 3.8) is 0 Å². The van der Waals surface area contributed by atoms with Crippen molar-refractivity contribution < 1.29 is 19.0 Å². The molecule has 1 N–H and O–H groups in total. The zero-order chi connectivity index (χ0) is 14.0. The molecule has 6 heteroatoms. The van der Waals surface area contributed by atoms with Crippen molar-refractivity contribution in [1.29, 1.82) is 0 Å². The molecule has 0 amide bonds. The van der Waals surface area contributed by atoms with Gasteiger partial charge in [-0.3, -0.25) is 9.69 Å². The predicted molar refractivity (Wildman–Crippen MR) is 70.9 cm³/mol. The molecule has 0 aliphatic carbocycles. The highest BCUT2D eigenvalue weighted by Crippen LogP contribution is 2.23. The van der Waals surface area contributed by atoms with E-state index in [4.69, 9.17) is 4.74 Å². The number of esters is 1. The summed E-state index contributed by atoms with van der Waals surface area (Å²) < 4.78 is 18.6. The molecule has 1 saturated heterocycles. The SMILES string of the molecule is COC(=O)[C@H]1C[C@@H](O)CN1Cc1ccc(Br)c(F)c1. The van der Waals surface area contributed by atoms with Crippen LogP contribution in [0.2, 0.25) is 0 Å². The van der Waals surface area contributed by atoms with E-state index in [0.717, 1.165) is 5.56 Å². The lowest BCUT2D eigenvalue weighted by molar-refractivity contribution is -0.146. The number of methoxy groups -OCH3 is 1. The third-order valence-electron chi connectivity index (χ3n) is 3.22. The molecule has 0 aromatic heterocycles. The summed E-state index contributed by atoms with van der Waals surface area (Å²) in [6.07, 6.45) is -0.199. The molecule has 0 saturated carbocycles. The van der Waals surface area contributed by atoms with E-state index in [2.05, 4.69) is 15.9 Å². The largest absolute Gasteiger partial charge is 0.468 e. The number of likely N-dealkylation sites (tertiary alicyclic amines) is 1. The highest BCUT2D eigenvalue weighted by Gasteiger charge is 2.36. The average Bonchev–Trinajstić information content (AvgIpc) is 2.74. The van der Waals surface area contributed by atoms with E-state index >= 15 is 0 Å². The second-order valence-corrected chi connectivity index (χ2v) is 5.46. The van der Waals surface area contributed by atoms with Crippen LogP contribution in [0.3, 0.4) is 0 Å². The predicted octanol–water partition coefficient (Wildman–Crippen LogP) is 1.70. The zero-order valence-electron chi connectivity index (χ0n) is 10.5. The first-order chi connectivity index (χ1) is 9.01. The molecule has 2 atom stereocenters. The zero-order valence-corrected chi connectivity index (χ0v) is 12.1. The van der Waals surface area contributed by atoms with E-state index in [1.165, 1.54) is 13.2 Å². The molecular weight excluding hydrogens is 317 g/mol. The molecule has 0 bridgehead atoms. The smallest absolute Gasteiger partial charge is 0.323 e. The molecule has 4 nitrogen and oxygen atoms in total. The van der Waals surface area contributed by atoms with Gasteiger partial charge in [0.2, 0.25) is 0 Å². The van der Waals surface area contributed by atoms with Crippen LogP contribution in [-0.4, -0.2) is 41.8 Å². The Balaban J connectivity index is 2.12. The number of halogens is 2. The summed E-state index contributed by atoms with van der Waals surface area (Å²) in [5.41, 5.74) is 0.753. The summed E-state index contributed by atoms with van der Waals surface area (Å²) in [6.45, 7) is 0.790. The molecule has 1 heterocycles. The molecule has 1 fully saturated rings. The van der Waals surface area contributed by atoms with Crippen LogP contribution in [0.25, 0.3) is 0 Å². The monoisotopic (exact) mass is 331 g/mol. The van der Waals surface area contributed by atoms with Gasteiger partial charge < -0.3 is 9.84 Å².